The van der Waals surface area contributed by atoms with Crippen molar-refractivity contribution in [2.24, 2.45) is 5.73 Å². The topological polar surface area (TPSA) is 42.1 Å². The van der Waals surface area contributed by atoms with Gasteiger partial charge in [-0.3, -0.25) is 0 Å². The van der Waals surface area contributed by atoms with Crippen molar-refractivity contribution in [3.05, 3.63) is 23.4 Å². The van der Waals surface area contributed by atoms with Gasteiger partial charge in [0.15, 0.2) is 0 Å². The minimum absolute atomic E-state index is 0.397. The van der Waals surface area contributed by atoms with Crippen LogP contribution in [0.5, 0.6) is 0 Å². The molecule has 0 saturated heterocycles. The highest BCUT2D eigenvalue weighted by atomic mass is 35.5. The molecular weight excluding hydrogens is 198 g/mol. The second-order valence-electron chi connectivity index (χ2n) is 3.37. The van der Waals surface area contributed by atoms with Crippen molar-refractivity contribution < 1.29 is 0 Å². The Morgan fingerprint density at radius 1 is 1.57 bits per heavy atom. The van der Waals surface area contributed by atoms with E-state index in [1.807, 2.05) is 19.2 Å². The second kappa shape index (κ2) is 5.17. The van der Waals surface area contributed by atoms with Crippen LogP contribution in [-0.4, -0.2) is 24.6 Å². The third-order valence-corrected chi connectivity index (χ3v) is 2.54. The third-order valence-electron chi connectivity index (χ3n) is 2.32. The van der Waals surface area contributed by atoms with Gasteiger partial charge in [0, 0.05) is 19.3 Å². The zero-order chi connectivity index (χ0) is 10.6. The second-order valence-corrected chi connectivity index (χ2v) is 3.81. The van der Waals surface area contributed by atoms with Gasteiger partial charge in [0.05, 0.1) is 5.02 Å². The van der Waals surface area contributed by atoms with Crippen LogP contribution in [0, 0.1) is 0 Å². The van der Waals surface area contributed by atoms with Gasteiger partial charge in [-0.2, -0.15) is 0 Å². The standard InChI is InChI=1S/C10H16ClN3/c1-8(5-6-12)14(2)10-4-3-9(11)7-13-10/h3-4,7-8H,5-6,12H2,1-2H3. The van der Waals surface area contributed by atoms with Crippen molar-refractivity contribution in [2.75, 3.05) is 18.5 Å². The first-order valence-corrected chi connectivity index (χ1v) is 5.07. The molecule has 0 radical (unpaired) electrons. The zero-order valence-electron chi connectivity index (χ0n) is 8.57. The highest BCUT2D eigenvalue weighted by molar-refractivity contribution is 6.30. The Bertz CT molecular complexity index is 273. The van der Waals surface area contributed by atoms with Gasteiger partial charge in [-0.05, 0) is 32.0 Å². The number of nitrogens with two attached hydrogens (primary N) is 1. The predicted octanol–water partition coefficient (Wildman–Crippen LogP) is 1.91. The molecule has 0 amide bonds. The number of aromatic nitrogens is 1. The number of anilines is 1. The fraction of sp³-hybridized carbons (Fsp3) is 0.500. The number of rotatable bonds is 4. The molecule has 0 spiro atoms. The van der Waals surface area contributed by atoms with Crippen LogP contribution < -0.4 is 10.6 Å². The average Bonchev–Trinajstić information content (AvgIpc) is 2.18. The summed E-state index contributed by atoms with van der Waals surface area (Å²) in [6.45, 7) is 2.82. The minimum Gasteiger partial charge on any atom is -0.357 e. The maximum atomic E-state index is 5.76. The maximum absolute atomic E-state index is 5.76. The monoisotopic (exact) mass is 213 g/mol. The molecule has 1 heterocycles. The lowest BCUT2D eigenvalue weighted by Crippen LogP contribution is -2.31. The lowest BCUT2D eigenvalue weighted by Gasteiger charge is -2.25. The van der Waals surface area contributed by atoms with E-state index in [0.29, 0.717) is 17.6 Å². The Kier molecular flexibility index (Phi) is 4.17. The quantitative estimate of drug-likeness (QED) is 0.831. The number of nitrogens with zero attached hydrogens (tertiary/aromatic N) is 2. The Balaban J connectivity index is 2.68. The Hall–Kier alpha value is -0.800. The van der Waals surface area contributed by atoms with Gasteiger partial charge in [-0.1, -0.05) is 11.6 Å². The van der Waals surface area contributed by atoms with E-state index >= 15 is 0 Å². The van der Waals surface area contributed by atoms with Crippen molar-refractivity contribution in [1.29, 1.82) is 0 Å². The normalized spacial score (nSPS) is 12.6. The summed E-state index contributed by atoms with van der Waals surface area (Å²) < 4.78 is 0. The van der Waals surface area contributed by atoms with Crippen LogP contribution in [-0.2, 0) is 0 Å². The fourth-order valence-corrected chi connectivity index (χ4v) is 1.35. The van der Waals surface area contributed by atoms with Crippen LogP contribution >= 0.6 is 11.6 Å². The summed E-state index contributed by atoms with van der Waals surface area (Å²) in [5, 5.41) is 0.661. The molecule has 0 aliphatic heterocycles. The molecule has 0 aromatic carbocycles. The molecule has 3 nitrogen and oxygen atoms in total. The van der Waals surface area contributed by atoms with E-state index in [2.05, 4.69) is 16.8 Å². The smallest absolute Gasteiger partial charge is 0.128 e. The van der Waals surface area contributed by atoms with E-state index < -0.39 is 0 Å². The van der Waals surface area contributed by atoms with Crippen molar-refractivity contribution in [3.63, 3.8) is 0 Å². The molecule has 0 aliphatic rings. The van der Waals surface area contributed by atoms with E-state index in [9.17, 15) is 0 Å². The summed E-state index contributed by atoms with van der Waals surface area (Å²) in [6, 6.07) is 4.15. The van der Waals surface area contributed by atoms with Gasteiger partial charge in [0.25, 0.3) is 0 Å². The van der Waals surface area contributed by atoms with Gasteiger partial charge in [-0.25, -0.2) is 4.98 Å². The molecule has 0 saturated carbocycles. The molecular formula is C10H16ClN3. The van der Waals surface area contributed by atoms with Crippen LogP contribution in [0.2, 0.25) is 5.02 Å². The molecule has 2 N–H and O–H groups in total. The summed E-state index contributed by atoms with van der Waals surface area (Å²) in [5.74, 6) is 0.926. The SMILES string of the molecule is CC(CCN)N(C)c1ccc(Cl)cn1. The molecule has 0 aliphatic carbocycles. The van der Waals surface area contributed by atoms with Crippen LogP contribution in [0.15, 0.2) is 18.3 Å². The van der Waals surface area contributed by atoms with Gasteiger partial charge in [-0.15, -0.1) is 0 Å². The largest absolute Gasteiger partial charge is 0.357 e. The lowest BCUT2D eigenvalue weighted by atomic mass is 10.2. The highest BCUT2D eigenvalue weighted by Gasteiger charge is 2.09. The molecule has 1 rings (SSSR count). The molecule has 4 heteroatoms. The number of halogens is 1. The Labute approximate surface area is 89.9 Å². The molecule has 1 aromatic rings. The van der Waals surface area contributed by atoms with E-state index in [1.54, 1.807) is 6.20 Å². The van der Waals surface area contributed by atoms with E-state index in [-0.39, 0.29) is 0 Å². The van der Waals surface area contributed by atoms with Crippen molar-refractivity contribution in [1.82, 2.24) is 4.98 Å². The first-order chi connectivity index (χ1) is 6.65. The van der Waals surface area contributed by atoms with Crippen LogP contribution in [0.3, 0.4) is 0 Å². The lowest BCUT2D eigenvalue weighted by molar-refractivity contribution is 0.629. The maximum Gasteiger partial charge on any atom is 0.128 e. The first kappa shape index (κ1) is 11.3. The summed E-state index contributed by atoms with van der Waals surface area (Å²) in [7, 11) is 2.01. The van der Waals surface area contributed by atoms with Gasteiger partial charge in [0.1, 0.15) is 5.82 Å². The van der Waals surface area contributed by atoms with Crippen LogP contribution in [0.25, 0.3) is 0 Å². The van der Waals surface area contributed by atoms with Gasteiger partial charge < -0.3 is 10.6 Å². The zero-order valence-corrected chi connectivity index (χ0v) is 9.33. The molecule has 1 atom stereocenters. The summed E-state index contributed by atoms with van der Waals surface area (Å²) in [6.07, 6.45) is 2.61. The van der Waals surface area contributed by atoms with Crippen molar-refractivity contribution in [3.8, 4) is 0 Å². The number of pyridine rings is 1. The average molecular weight is 214 g/mol. The predicted molar refractivity (Wildman–Crippen MR) is 60.8 cm³/mol. The molecule has 1 aromatic heterocycles. The number of hydrogen-bond donors (Lipinski definition) is 1. The van der Waals surface area contributed by atoms with Crippen LogP contribution in [0.1, 0.15) is 13.3 Å². The molecule has 14 heavy (non-hydrogen) atoms. The summed E-state index contributed by atoms with van der Waals surface area (Å²) in [5.41, 5.74) is 5.50. The van der Waals surface area contributed by atoms with Crippen molar-refractivity contribution >= 4 is 17.4 Å². The Morgan fingerprint density at radius 2 is 2.29 bits per heavy atom. The van der Waals surface area contributed by atoms with E-state index in [1.165, 1.54) is 0 Å². The third kappa shape index (κ3) is 2.86. The Morgan fingerprint density at radius 3 is 2.79 bits per heavy atom. The highest BCUT2D eigenvalue weighted by Crippen LogP contribution is 2.15. The van der Waals surface area contributed by atoms with E-state index in [4.69, 9.17) is 17.3 Å². The number of hydrogen-bond acceptors (Lipinski definition) is 3. The molecule has 1 unspecified atom stereocenters. The van der Waals surface area contributed by atoms with Crippen molar-refractivity contribution in [2.45, 2.75) is 19.4 Å². The summed E-state index contributed by atoms with van der Waals surface area (Å²) >= 11 is 5.76. The minimum atomic E-state index is 0.397. The van der Waals surface area contributed by atoms with Gasteiger partial charge >= 0.3 is 0 Å². The first-order valence-electron chi connectivity index (χ1n) is 4.69. The van der Waals surface area contributed by atoms with Crippen LogP contribution in [0.4, 0.5) is 5.82 Å². The molecule has 78 valence electrons. The summed E-state index contributed by atoms with van der Waals surface area (Å²) in [4.78, 5) is 6.34. The van der Waals surface area contributed by atoms with E-state index in [0.717, 1.165) is 12.2 Å². The fourth-order valence-electron chi connectivity index (χ4n) is 1.24. The molecule has 0 fully saturated rings. The molecule has 0 bridgehead atoms. The van der Waals surface area contributed by atoms with Gasteiger partial charge in [0.2, 0.25) is 0 Å².